The molecular weight excluding hydrogens is 290 g/mol. The number of para-hydroxylation sites is 1. The molecule has 0 bridgehead atoms. The third-order valence-electron chi connectivity index (χ3n) is 4.28. The summed E-state index contributed by atoms with van der Waals surface area (Å²) in [5, 5.41) is 2.90. The molecule has 0 heterocycles. The van der Waals surface area contributed by atoms with Crippen LogP contribution in [0, 0.1) is 0 Å². The fourth-order valence-electron chi connectivity index (χ4n) is 3.13. The Morgan fingerprint density at radius 3 is 2.65 bits per heavy atom. The van der Waals surface area contributed by atoms with Gasteiger partial charge in [-0.25, -0.2) is 4.79 Å². The van der Waals surface area contributed by atoms with Crippen LogP contribution >= 0.6 is 0 Å². The molecule has 1 aliphatic carbocycles. The van der Waals surface area contributed by atoms with Crippen molar-refractivity contribution >= 4 is 17.6 Å². The Balaban J connectivity index is 1.85. The molecular formula is C19H19NO3. The van der Waals surface area contributed by atoms with E-state index >= 15 is 0 Å². The maximum Gasteiger partial charge on any atom is 0.339 e. The number of ether oxygens (including phenoxy) is 1. The standard InChI is InChI=1S/C19H19NO3/c1-23-19(22)16-10-4-5-12-17(16)20-18(21)15-11-6-8-13-7-2-3-9-14(13)15/h2-5,7,9-10,12,15H,6,8,11H2,1H3,(H,20,21)/t15-/m0/s1. The van der Waals surface area contributed by atoms with Crippen molar-refractivity contribution in [3.05, 3.63) is 65.2 Å². The van der Waals surface area contributed by atoms with Gasteiger partial charge in [0.05, 0.1) is 24.3 Å². The number of hydrogen-bond donors (Lipinski definition) is 1. The summed E-state index contributed by atoms with van der Waals surface area (Å²) in [6, 6.07) is 15.0. The van der Waals surface area contributed by atoms with Crippen LogP contribution in [0.2, 0.25) is 0 Å². The maximum atomic E-state index is 12.7. The summed E-state index contributed by atoms with van der Waals surface area (Å²) >= 11 is 0. The number of nitrogens with one attached hydrogen (secondary N) is 1. The number of methoxy groups -OCH3 is 1. The molecule has 1 aliphatic rings. The second kappa shape index (κ2) is 6.65. The molecule has 0 saturated heterocycles. The first-order valence-corrected chi connectivity index (χ1v) is 7.76. The summed E-state index contributed by atoms with van der Waals surface area (Å²) in [5.41, 5.74) is 3.19. The fraction of sp³-hybridized carbons (Fsp3) is 0.263. The molecule has 4 heteroatoms. The number of anilines is 1. The Morgan fingerprint density at radius 1 is 1.09 bits per heavy atom. The van der Waals surface area contributed by atoms with Gasteiger partial charge in [-0.3, -0.25) is 4.79 Å². The van der Waals surface area contributed by atoms with E-state index in [0.717, 1.165) is 24.8 Å². The number of benzene rings is 2. The second-order valence-corrected chi connectivity index (χ2v) is 5.67. The minimum atomic E-state index is -0.454. The molecule has 0 radical (unpaired) electrons. The molecule has 3 rings (SSSR count). The summed E-state index contributed by atoms with van der Waals surface area (Å²) in [6.07, 6.45) is 2.83. The average Bonchev–Trinajstić information content (AvgIpc) is 2.61. The topological polar surface area (TPSA) is 55.4 Å². The number of rotatable bonds is 3. The molecule has 0 aliphatic heterocycles. The molecule has 0 saturated carbocycles. The number of amides is 1. The molecule has 0 unspecified atom stereocenters. The van der Waals surface area contributed by atoms with E-state index in [0.29, 0.717) is 11.3 Å². The van der Waals surface area contributed by atoms with Crippen LogP contribution < -0.4 is 5.32 Å². The predicted molar refractivity (Wildman–Crippen MR) is 88.5 cm³/mol. The van der Waals surface area contributed by atoms with Gasteiger partial charge in [0.2, 0.25) is 5.91 Å². The van der Waals surface area contributed by atoms with Gasteiger partial charge in [0.1, 0.15) is 0 Å². The van der Waals surface area contributed by atoms with E-state index in [4.69, 9.17) is 4.74 Å². The van der Waals surface area contributed by atoms with Crippen molar-refractivity contribution in [2.45, 2.75) is 25.2 Å². The van der Waals surface area contributed by atoms with Crippen LogP contribution in [0.1, 0.15) is 40.2 Å². The average molecular weight is 309 g/mol. The predicted octanol–water partition coefficient (Wildman–Crippen LogP) is 3.53. The number of aryl methyl sites for hydroxylation is 1. The molecule has 4 nitrogen and oxygen atoms in total. The van der Waals surface area contributed by atoms with Gasteiger partial charge in [0.15, 0.2) is 0 Å². The van der Waals surface area contributed by atoms with E-state index in [1.165, 1.54) is 12.7 Å². The van der Waals surface area contributed by atoms with Crippen molar-refractivity contribution in [2.75, 3.05) is 12.4 Å². The first-order chi connectivity index (χ1) is 11.2. The lowest BCUT2D eigenvalue weighted by Crippen LogP contribution is -2.25. The highest BCUT2D eigenvalue weighted by Crippen LogP contribution is 2.32. The van der Waals surface area contributed by atoms with Crippen LogP contribution in [-0.4, -0.2) is 19.0 Å². The van der Waals surface area contributed by atoms with Gasteiger partial charge in [-0.2, -0.15) is 0 Å². The molecule has 1 atom stereocenters. The molecule has 1 amide bonds. The SMILES string of the molecule is COC(=O)c1ccccc1NC(=O)[C@H]1CCCc2ccccc21. The van der Waals surface area contributed by atoms with E-state index in [1.54, 1.807) is 24.3 Å². The summed E-state index contributed by atoms with van der Waals surface area (Å²) < 4.78 is 4.77. The van der Waals surface area contributed by atoms with Crippen molar-refractivity contribution in [3.8, 4) is 0 Å². The summed E-state index contributed by atoms with van der Waals surface area (Å²) in [4.78, 5) is 24.5. The highest BCUT2D eigenvalue weighted by molar-refractivity contribution is 6.03. The molecule has 2 aromatic carbocycles. The summed E-state index contributed by atoms with van der Waals surface area (Å²) in [5.74, 6) is -0.705. The molecule has 0 aromatic heterocycles. The highest BCUT2D eigenvalue weighted by atomic mass is 16.5. The zero-order chi connectivity index (χ0) is 16.2. The number of esters is 1. The van der Waals surface area contributed by atoms with Crippen LogP contribution in [0.15, 0.2) is 48.5 Å². The second-order valence-electron chi connectivity index (χ2n) is 5.67. The third-order valence-corrected chi connectivity index (χ3v) is 4.28. The number of fused-ring (bicyclic) bond motifs is 1. The van der Waals surface area contributed by atoms with Crippen molar-refractivity contribution in [3.63, 3.8) is 0 Å². The lowest BCUT2D eigenvalue weighted by molar-refractivity contribution is -0.117. The Morgan fingerprint density at radius 2 is 1.83 bits per heavy atom. The first kappa shape index (κ1) is 15.3. The van der Waals surface area contributed by atoms with Gasteiger partial charge in [-0.15, -0.1) is 0 Å². The minimum Gasteiger partial charge on any atom is -0.465 e. The minimum absolute atomic E-state index is 0.0755. The Kier molecular flexibility index (Phi) is 4.42. The Bertz CT molecular complexity index is 739. The van der Waals surface area contributed by atoms with Crippen LogP contribution in [0.5, 0.6) is 0 Å². The van der Waals surface area contributed by atoms with E-state index in [1.807, 2.05) is 18.2 Å². The van der Waals surface area contributed by atoms with Gasteiger partial charge in [-0.05, 0) is 42.5 Å². The quantitative estimate of drug-likeness (QED) is 0.882. The smallest absolute Gasteiger partial charge is 0.339 e. The number of carbonyl (C=O) groups excluding carboxylic acids is 2. The van der Waals surface area contributed by atoms with Gasteiger partial charge in [-0.1, -0.05) is 36.4 Å². The van der Waals surface area contributed by atoms with Gasteiger partial charge in [0.25, 0.3) is 0 Å². The van der Waals surface area contributed by atoms with E-state index < -0.39 is 5.97 Å². The van der Waals surface area contributed by atoms with Crippen LogP contribution in [-0.2, 0) is 16.0 Å². The van der Waals surface area contributed by atoms with Crippen molar-refractivity contribution in [1.29, 1.82) is 0 Å². The Labute approximate surface area is 135 Å². The van der Waals surface area contributed by atoms with Crippen molar-refractivity contribution in [2.24, 2.45) is 0 Å². The van der Waals surface area contributed by atoms with Crippen LogP contribution in [0.3, 0.4) is 0 Å². The molecule has 1 N–H and O–H groups in total. The van der Waals surface area contributed by atoms with Gasteiger partial charge in [0, 0.05) is 0 Å². The van der Waals surface area contributed by atoms with Gasteiger partial charge < -0.3 is 10.1 Å². The zero-order valence-corrected chi connectivity index (χ0v) is 13.0. The van der Waals surface area contributed by atoms with Crippen molar-refractivity contribution < 1.29 is 14.3 Å². The Hall–Kier alpha value is -2.62. The normalized spacial score (nSPS) is 16.3. The van der Waals surface area contributed by atoms with Gasteiger partial charge >= 0.3 is 5.97 Å². The molecule has 23 heavy (non-hydrogen) atoms. The number of hydrogen-bond acceptors (Lipinski definition) is 3. The monoisotopic (exact) mass is 309 g/mol. The molecule has 2 aromatic rings. The lowest BCUT2D eigenvalue weighted by Gasteiger charge is -2.25. The molecule has 0 fully saturated rings. The molecule has 118 valence electrons. The fourth-order valence-corrected chi connectivity index (χ4v) is 3.13. The van der Waals surface area contributed by atoms with Crippen molar-refractivity contribution in [1.82, 2.24) is 0 Å². The largest absolute Gasteiger partial charge is 0.465 e. The van der Waals surface area contributed by atoms with Crippen LogP contribution in [0.25, 0.3) is 0 Å². The summed E-state index contributed by atoms with van der Waals surface area (Å²) in [7, 11) is 1.33. The highest BCUT2D eigenvalue weighted by Gasteiger charge is 2.27. The summed E-state index contributed by atoms with van der Waals surface area (Å²) in [6.45, 7) is 0. The van der Waals surface area contributed by atoms with Crippen LogP contribution in [0.4, 0.5) is 5.69 Å². The maximum absolute atomic E-state index is 12.7. The molecule has 0 spiro atoms. The van der Waals surface area contributed by atoms with E-state index in [-0.39, 0.29) is 11.8 Å². The lowest BCUT2D eigenvalue weighted by atomic mass is 9.82. The van der Waals surface area contributed by atoms with E-state index in [2.05, 4.69) is 11.4 Å². The number of carbonyl (C=O) groups is 2. The van der Waals surface area contributed by atoms with E-state index in [9.17, 15) is 9.59 Å². The zero-order valence-electron chi connectivity index (χ0n) is 13.0. The third kappa shape index (κ3) is 3.11. The first-order valence-electron chi connectivity index (χ1n) is 7.76.